The number of rotatable bonds is 4. The Morgan fingerprint density at radius 1 is 1.28 bits per heavy atom. The zero-order chi connectivity index (χ0) is 13.0. The minimum atomic E-state index is -3.11. The predicted octanol–water partition coefficient (Wildman–Crippen LogP) is 0.569. The van der Waals surface area contributed by atoms with Crippen LogP contribution < -0.4 is 5.32 Å². The van der Waals surface area contributed by atoms with Crippen LogP contribution in [0.1, 0.15) is 32.1 Å². The van der Waals surface area contributed by atoms with E-state index in [9.17, 15) is 8.42 Å². The van der Waals surface area contributed by atoms with Gasteiger partial charge in [0.1, 0.15) is 0 Å². The van der Waals surface area contributed by atoms with Crippen LogP contribution in [0.4, 0.5) is 0 Å². The Morgan fingerprint density at radius 3 is 2.67 bits per heavy atom. The third-order valence-electron chi connectivity index (χ3n) is 3.87. The second-order valence-corrected chi connectivity index (χ2v) is 7.43. The molecule has 5 nitrogen and oxygen atoms in total. The van der Waals surface area contributed by atoms with Crippen LogP contribution in [-0.4, -0.2) is 57.4 Å². The molecule has 0 aromatic rings. The summed E-state index contributed by atoms with van der Waals surface area (Å²) in [7, 11) is -1.25. The lowest BCUT2D eigenvalue weighted by molar-refractivity contribution is 0.000429. The molecule has 106 valence electrons. The van der Waals surface area contributed by atoms with Crippen molar-refractivity contribution in [1.82, 2.24) is 9.62 Å². The van der Waals surface area contributed by atoms with E-state index in [0.29, 0.717) is 26.2 Å². The van der Waals surface area contributed by atoms with Crippen LogP contribution in [0.2, 0.25) is 0 Å². The predicted molar refractivity (Wildman–Crippen MR) is 71.0 cm³/mol. The van der Waals surface area contributed by atoms with E-state index in [2.05, 4.69) is 5.32 Å². The zero-order valence-electron chi connectivity index (χ0n) is 11.1. The van der Waals surface area contributed by atoms with E-state index in [1.165, 1.54) is 6.42 Å². The van der Waals surface area contributed by atoms with E-state index in [-0.39, 0.29) is 11.4 Å². The van der Waals surface area contributed by atoms with Gasteiger partial charge in [-0.1, -0.05) is 19.3 Å². The fourth-order valence-corrected chi connectivity index (χ4v) is 4.90. The summed E-state index contributed by atoms with van der Waals surface area (Å²) in [6, 6.07) is 0. The highest BCUT2D eigenvalue weighted by atomic mass is 32.2. The molecule has 0 radical (unpaired) electrons. The van der Waals surface area contributed by atoms with Gasteiger partial charge in [-0.2, -0.15) is 4.31 Å². The summed E-state index contributed by atoms with van der Waals surface area (Å²) in [6.45, 7) is 2.23. The van der Waals surface area contributed by atoms with E-state index < -0.39 is 10.0 Å². The fourth-order valence-electron chi connectivity index (χ4n) is 2.85. The first kappa shape index (κ1) is 14.2. The van der Waals surface area contributed by atoms with Gasteiger partial charge < -0.3 is 10.1 Å². The van der Waals surface area contributed by atoms with Gasteiger partial charge >= 0.3 is 0 Å². The van der Waals surface area contributed by atoms with Crippen LogP contribution in [0.3, 0.4) is 0 Å². The highest BCUT2D eigenvalue weighted by Crippen LogP contribution is 2.27. The SMILES string of the molecule is CNCC1CN(S(=O)(=O)C2CCCCC2)CCO1. The summed E-state index contributed by atoms with van der Waals surface area (Å²) in [5.74, 6) is 0. The van der Waals surface area contributed by atoms with Gasteiger partial charge in [0, 0.05) is 19.6 Å². The van der Waals surface area contributed by atoms with Crippen LogP contribution in [0.5, 0.6) is 0 Å². The summed E-state index contributed by atoms with van der Waals surface area (Å²) in [5, 5.41) is 2.89. The van der Waals surface area contributed by atoms with Gasteiger partial charge in [-0.25, -0.2) is 8.42 Å². The minimum Gasteiger partial charge on any atom is -0.374 e. The number of nitrogens with zero attached hydrogens (tertiary/aromatic N) is 1. The molecule has 1 atom stereocenters. The molecule has 0 bridgehead atoms. The maximum absolute atomic E-state index is 12.5. The van der Waals surface area contributed by atoms with Crippen LogP contribution >= 0.6 is 0 Å². The number of hydrogen-bond acceptors (Lipinski definition) is 4. The first-order valence-corrected chi connectivity index (χ1v) is 8.40. The van der Waals surface area contributed by atoms with Crippen LogP contribution in [0.15, 0.2) is 0 Å². The smallest absolute Gasteiger partial charge is 0.217 e. The molecule has 2 rings (SSSR count). The molecule has 0 spiro atoms. The molecule has 0 aromatic heterocycles. The molecule has 2 aliphatic rings. The van der Waals surface area contributed by atoms with E-state index in [0.717, 1.165) is 25.7 Å². The molecule has 1 N–H and O–H groups in total. The Balaban J connectivity index is 1.99. The lowest BCUT2D eigenvalue weighted by atomic mass is 10.0. The number of ether oxygens (including phenoxy) is 1. The van der Waals surface area contributed by atoms with E-state index in [4.69, 9.17) is 4.74 Å². The standard InChI is InChI=1S/C12H24N2O3S/c1-13-9-11-10-14(7-8-17-11)18(15,16)12-5-3-2-4-6-12/h11-13H,2-10H2,1H3. The molecule has 1 saturated carbocycles. The van der Waals surface area contributed by atoms with Crippen molar-refractivity contribution in [2.45, 2.75) is 43.5 Å². The van der Waals surface area contributed by atoms with Crippen molar-refractivity contribution in [3.63, 3.8) is 0 Å². The van der Waals surface area contributed by atoms with Gasteiger partial charge in [0.25, 0.3) is 0 Å². The summed E-state index contributed by atoms with van der Waals surface area (Å²) >= 11 is 0. The van der Waals surface area contributed by atoms with Crippen molar-refractivity contribution in [3.05, 3.63) is 0 Å². The number of likely N-dealkylation sites (N-methyl/N-ethyl adjacent to an activating group) is 1. The van der Waals surface area contributed by atoms with Crippen LogP contribution in [0, 0.1) is 0 Å². The van der Waals surface area contributed by atoms with Gasteiger partial charge in [-0.15, -0.1) is 0 Å². The van der Waals surface area contributed by atoms with Crippen LogP contribution in [-0.2, 0) is 14.8 Å². The van der Waals surface area contributed by atoms with E-state index in [1.54, 1.807) is 4.31 Å². The summed E-state index contributed by atoms with van der Waals surface area (Å²) in [6.07, 6.45) is 4.93. The van der Waals surface area contributed by atoms with Crippen molar-refractivity contribution in [2.24, 2.45) is 0 Å². The Hall–Kier alpha value is -0.170. The number of nitrogens with one attached hydrogen (secondary N) is 1. The summed E-state index contributed by atoms with van der Waals surface area (Å²) in [4.78, 5) is 0. The van der Waals surface area contributed by atoms with Gasteiger partial charge in [-0.05, 0) is 19.9 Å². The highest BCUT2D eigenvalue weighted by molar-refractivity contribution is 7.89. The largest absolute Gasteiger partial charge is 0.374 e. The third-order valence-corrected chi connectivity index (χ3v) is 6.23. The lowest BCUT2D eigenvalue weighted by Gasteiger charge is -2.35. The molecule has 1 heterocycles. The van der Waals surface area contributed by atoms with Crippen molar-refractivity contribution in [2.75, 3.05) is 33.3 Å². The molecule has 1 saturated heterocycles. The van der Waals surface area contributed by atoms with Crippen molar-refractivity contribution >= 4 is 10.0 Å². The maximum atomic E-state index is 12.5. The zero-order valence-corrected chi connectivity index (χ0v) is 11.9. The first-order chi connectivity index (χ1) is 8.64. The van der Waals surface area contributed by atoms with Crippen molar-refractivity contribution in [1.29, 1.82) is 0 Å². The Bertz CT molecular complexity index is 350. The van der Waals surface area contributed by atoms with Crippen molar-refractivity contribution < 1.29 is 13.2 Å². The molecule has 1 unspecified atom stereocenters. The lowest BCUT2D eigenvalue weighted by Crippen LogP contribution is -2.51. The quantitative estimate of drug-likeness (QED) is 0.815. The van der Waals surface area contributed by atoms with E-state index >= 15 is 0 Å². The number of hydrogen-bond donors (Lipinski definition) is 1. The fraction of sp³-hybridized carbons (Fsp3) is 1.00. The monoisotopic (exact) mass is 276 g/mol. The molecule has 0 aromatic carbocycles. The molecule has 1 aliphatic carbocycles. The molecule has 18 heavy (non-hydrogen) atoms. The van der Waals surface area contributed by atoms with Gasteiger partial charge in [0.2, 0.25) is 10.0 Å². The normalized spacial score (nSPS) is 28.4. The van der Waals surface area contributed by atoms with Gasteiger partial charge in [0.05, 0.1) is 18.0 Å². The second kappa shape index (κ2) is 6.32. The Morgan fingerprint density at radius 2 is 2.00 bits per heavy atom. The summed E-state index contributed by atoms with van der Waals surface area (Å²) < 4.78 is 32.3. The minimum absolute atomic E-state index is 0.0119. The third kappa shape index (κ3) is 3.23. The summed E-state index contributed by atoms with van der Waals surface area (Å²) in [5.41, 5.74) is 0. The van der Waals surface area contributed by atoms with Crippen LogP contribution in [0.25, 0.3) is 0 Å². The molecule has 2 fully saturated rings. The average molecular weight is 276 g/mol. The molecule has 6 heteroatoms. The average Bonchev–Trinajstić information content (AvgIpc) is 2.40. The molecular formula is C12H24N2O3S. The van der Waals surface area contributed by atoms with Gasteiger partial charge in [-0.3, -0.25) is 0 Å². The van der Waals surface area contributed by atoms with E-state index in [1.807, 2.05) is 7.05 Å². The molecule has 0 amide bonds. The Kier molecular flexibility index (Phi) is 5.00. The molecular weight excluding hydrogens is 252 g/mol. The highest BCUT2D eigenvalue weighted by Gasteiger charge is 2.35. The number of morpholine rings is 1. The van der Waals surface area contributed by atoms with Gasteiger partial charge in [0.15, 0.2) is 0 Å². The topological polar surface area (TPSA) is 58.6 Å². The van der Waals surface area contributed by atoms with Crippen molar-refractivity contribution in [3.8, 4) is 0 Å². The first-order valence-electron chi connectivity index (χ1n) is 6.89. The number of sulfonamides is 1. The molecule has 1 aliphatic heterocycles. The second-order valence-electron chi connectivity index (χ2n) is 5.21. The maximum Gasteiger partial charge on any atom is 0.217 e. The Labute approximate surface area is 110 Å².